The summed E-state index contributed by atoms with van der Waals surface area (Å²) in [5.41, 5.74) is 0. The molecule has 0 spiro atoms. The summed E-state index contributed by atoms with van der Waals surface area (Å²) in [6.07, 6.45) is 0. The van der Waals surface area contributed by atoms with Gasteiger partial charge < -0.3 is 9.80 Å². The number of likely N-dealkylation sites (N-methyl/N-ethyl adjacent to an activating group) is 2. The lowest BCUT2D eigenvalue weighted by molar-refractivity contribution is 0.0352. The Bertz CT molecular complexity index is 419. The van der Waals surface area contributed by atoms with Gasteiger partial charge in [-0.2, -0.15) is 0 Å². The Labute approximate surface area is 143 Å². The third-order valence-corrected chi connectivity index (χ3v) is 5.06. The molecule has 24 heavy (non-hydrogen) atoms. The van der Waals surface area contributed by atoms with Gasteiger partial charge in [0.15, 0.2) is 0 Å². The molecule has 4 amide bonds. The Morgan fingerprint density at radius 2 is 1.08 bits per heavy atom. The highest BCUT2D eigenvalue weighted by Gasteiger charge is 2.32. The van der Waals surface area contributed by atoms with Gasteiger partial charge in [0.1, 0.15) is 6.67 Å². The van der Waals surface area contributed by atoms with Crippen LogP contribution in [-0.2, 0) is 0 Å². The summed E-state index contributed by atoms with van der Waals surface area (Å²) >= 11 is 0. The Hall–Kier alpha value is -1.42. The van der Waals surface area contributed by atoms with Crippen LogP contribution in [0.1, 0.15) is 0 Å². The lowest BCUT2D eigenvalue weighted by atomic mass is 10.3. The standard InChI is InChI=1S/C15H29N7O2/c1-17-3-7-19(8-4-17)11-21-13-22(15(24)16-14(21)23)12-20-9-5-18(2)6-10-20/h3-13H2,1-2H3,(H,16,23,24). The summed E-state index contributed by atoms with van der Waals surface area (Å²) in [5, 5.41) is 2.48. The van der Waals surface area contributed by atoms with Gasteiger partial charge in [0.05, 0.1) is 13.3 Å². The van der Waals surface area contributed by atoms with Gasteiger partial charge in [0, 0.05) is 52.4 Å². The predicted molar refractivity (Wildman–Crippen MR) is 90.3 cm³/mol. The van der Waals surface area contributed by atoms with Crippen LogP contribution in [0.3, 0.4) is 0 Å². The summed E-state index contributed by atoms with van der Waals surface area (Å²) in [6, 6.07) is -0.567. The minimum Gasteiger partial charge on any atom is -0.304 e. The molecule has 0 saturated carbocycles. The largest absolute Gasteiger partial charge is 0.327 e. The van der Waals surface area contributed by atoms with E-state index in [2.05, 4.69) is 39.0 Å². The molecule has 136 valence electrons. The van der Waals surface area contributed by atoms with Crippen molar-refractivity contribution in [2.45, 2.75) is 0 Å². The topological polar surface area (TPSA) is 65.6 Å². The summed E-state index contributed by atoms with van der Waals surface area (Å²) in [4.78, 5) is 36.8. The first kappa shape index (κ1) is 17.4. The third-order valence-electron chi connectivity index (χ3n) is 5.06. The Kier molecular flexibility index (Phi) is 5.54. The van der Waals surface area contributed by atoms with E-state index in [0.717, 1.165) is 52.4 Å². The predicted octanol–water partition coefficient (Wildman–Crippen LogP) is -1.20. The second-order valence-corrected chi connectivity index (χ2v) is 7.08. The fourth-order valence-corrected chi connectivity index (χ4v) is 3.26. The van der Waals surface area contributed by atoms with Crippen molar-refractivity contribution in [2.75, 3.05) is 86.5 Å². The molecule has 9 heteroatoms. The second-order valence-electron chi connectivity index (χ2n) is 7.08. The number of hydrogen-bond donors (Lipinski definition) is 1. The number of amides is 4. The van der Waals surface area contributed by atoms with Crippen LogP contribution in [0.15, 0.2) is 0 Å². The van der Waals surface area contributed by atoms with E-state index < -0.39 is 0 Å². The summed E-state index contributed by atoms with van der Waals surface area (Å²) in [5.74, 6) is 0. The van der Waals surface area contributed by atoms with Gasteiger partial charge in [-0.05, 0) is 14.1 Å². The van der Waals surface area contributed by atoms with Gasteiger partial charge in [-0.1, -0.05) is 0 Å². The van der Waals surface area contributed by atoms with Gasteiger partial charge in [-0.15, -0.1) is 0 Å². The van der Waals surface area contributed by atoms with Crippen LogP contribution in [0.5, 0.6) is 0 Å². The molecule has 0 atom stereocenters. The number of piperazine rings is 2. The van der Waals surface area contributed by atoms with Gasteiger partial charge in [0.2, 0.25) is 0 Å². The summed E-state index contributed by atoms with van der Waals surface area (Å²) in [7, 11) is 4.22. The smallest absolute Gasteiger partial charge is 0.304 e. The normalized spacial score (nSPS) is 26.1. The molecule has 9 nitrogen and oxygen atoms in total. The molecule has 3 rings (SSSR count). The van der Waals surface area contributed by atoms with Gasteiger partial charge in [0.25, 0.3) is 0 Å². The van der Waals surface area contributed by atoms with Gasteiger partial charge in [-0.3, -0.25) is 24.9 Å². The zero-order valence-electron chi connectivity index (χ0n) is 14.8. The molecule has 3 fully saturated rings. The first-order chi connectivity index (χ1) is 11.5. The number of urea groups is 2. The average Bonchev–Trinajstić information content (AvgIpc) is 2.56. The van der Waals surface area contributed by atoms with E-state index in [1.54, 1.807) is 9.80 Å². The maximum Gasteiger partial charge on any atom is 0.327 e. The van der Waals surface area contributed by atoms with Crippen molar-refractivity contribution in [2.24, 2.45) is 0 Å². The van der Waals surface area contributed by atoms with Crippen LogP contribution in [0, 0.1) is 0 Å². The molecule has 0 aromatic carbocycles. The third kappa shape index (κ3) is 4.35. The average molecular weight is 339 g/mol. The fraction of sp³-hybridized carbons (Fsp3) is 0.867. The van der Waals surface area contributed by atoms with E-state index in [-0.39, 0.29) is 12.1 Å². The monoisotopic (exact) mass is 339 g/mol. The molecule has 0 radical (unpaired) electrons. The lowest BCUT2D eigenvalue weighted by Gasteiger charge is -2.42. The van der Waals surface area contributed by atoms with Crippen LogP contribution in [0.2, 0.25) is 0 Å². The van der Waals surface area contributed by atoms with Crippen molar-refractivity contribution in [3.05, 3.63) is 0 Å². The van der Waals surface area contributed by atoms with Crippen LogP contribution < -0.4 is 5.32 Å². The molecular formula is C15H29N7O2. The van der Waals surface area contributed by atoms with Crippen molar-refractivity contribution in [1.82, 2.24) is 34.7 Å². The highest BCUT2D eigenvalue weighted by Crippen LogP contribution is 2.09. The molecule has 3 saturated heterocycles. The van der Waals surface area contributed by atoms with Gasteiger partial charge >= 0.3 is 12.1 Å². The van der Waals surface area contributed by atoms with E-state index in [4.69, 9.17) is 0 Å². The molecule has 0 aromatic heterocycles. The lowest BCUT2D eigenvalue weighted by Crippen LogP contribution is -2.64. The maximum atomic E-state index is 12.1. The van der Waals surface area contributed by atoms with Crippen LogP contribution in [0.4, 0.5) is 9.59 Å². The van der Waals surface area contributed by atoms with Crippen molar-refractivity contribution in [3.8, 4) is 0 Å². The number of rotatable bonds is 4. The molecular weight excluding hydrogens is 310 g/mol. The van der Waals surface area contributed by atoms with Crippen molar-refractivity contribution < 1.29 is 9.59 Å². The number of carbonyl (C=O) groups is 2. The summed E-state index contributed by atoms with van der Waals surface area (Å²) < 4.78 is 0. The SMILES string of the molecule is CN1CCN(CN2CN(CN3CCN(C)CC3)C(=O)NC2=O)CC1. The van der Waals surface area contributed by atoms with Gasteiger partial charge in [-0.25, -0.2) is 9.59 Å². The van der Waals surface area contributed by atoms with Crippen molar-refractivity contribution >= 4 is 12.1 Å². The van der Waals surface area contributed by atoms with E-state index in [1.165, 1.54) is 0 Å². The Morgan fingerprint density at radius 1 is 0.708 bits per heavy atom. The van der Waals surface area contributed by atoms with E-state index >= 15 is 0 Å². The molecule has 0 unspecified atom stereocenters. The second kappa shape index (κ2) is 7.64. The molecule has 3 heterocycles. The fourth-order valence-electron chi connectivity index (χ4n) is 3.26. The molecule has 0 aliphatic carbocycles. The molecule has 3 aliphatic rings. The molecule has 0 bridgehead atoms. The summed E-state index contributed by atoms with van der Waals surface area (Å²) in [6.45, 7) is 9.37. The number of nitrogens with zero attached hydrogens (tertiary/aromatic N) is 6. The number of nitrogens with one attached hydrogen (secondary N) is 1. The first-order valence-corrected chi connectivity index (χ1v) is 8.68. The van der Waals surface area contributed by atoms with Crippen LogP contribution in [-0.4, -0.2) is 128 Å². The molecule has 1 N–H and O–H groups in total. The Balaban J connectivity index is 1.52. The molecule has 0 aromatic rings. The zero-order chi connectivity index (χ0) is 17.1. The highest BCUT2D eigenvalue weighted by atomic mass is 16.2. The number of hydrogen-bond acceptors (Lipinski definition) is 6. The number of imide groups is 1. The van der Waals surface area contributed by atoms with E-state index in [0.29, 0.717) is 20.0 Å². The number of carbonyl (C=O) groups excluding carboxylic acids is 2. The zero-order valence-corrected chi connectivity index (χ0v) is 14.8. The van der Waals surface area contributed by atoms with Crippen LogP contribution in [0.25, 0.3) is 0 Å². The maximum absolute atomic E-state index is 12.1. The van der Waals surface area contributed by atoms with E-state index in [9.17, 15) is 9.59 Å². The van der Waals surface area contributed by atoms with E-state index in [1.807, 2.05) is 0 Å². The highest BCUT2D eigenvalue weighted by molar-refractivity contribution is 5.95. The minimum absolute atomic E-state index is 0.284. The quantitative estimate of drug-likeness (QED) is 0.694. The van der Waals surface area contributed by atoms with Crippen molar-refractivity contribution in [3.63, 3.8) is 0 Å². The molecule has 3 aliphatic heterocycles. The minimum atomic E-state index is -0.284. The van der Waals surface area contributed by atoms with Crippen molar-refractivity contribution in [1.29, 1.82) is 0 Å². The Morgan fingerprint density at radius 3 is 1.46 bits per heavy atom. The van der Waals surface area contributed by atoms with Crippen LogP contribution >= 0.6 is 0 Å². The first-order valence-electron chi connectivity index (χ1n) is 8.68.